The Morgan fingerprint density at radius 2 is 1.34 bits per heavy atom. The minimum Gasteiger partial charge on any atom is -0.292 e. The average molecular weight is 419 g/mol. The van der Waals surface area contributed by atoms with Gasteiger partial charge in [0.2, 0.25) is 0 Å². The standard InChI is InChI=1S/C25H15N3O2.C2H6/c29-28(30)22-14-5-1-8-16(22)17-10-7-11-19-24(17)18-9-2-4-13-21(18)27-23-15-6-3-12-20(23)26-25(19)27;1-2/h1-15H;1-2H3. The first-order valence-electron chi connectivity index (χ1n) is 10.7. The molecule has 0 atom stereocenters. The van der Waals surface area contributed by atoms with Crippen LogP contribution in [-0.2, 0) is 0 Å². The third-order valence-corrected chi connectivity index (χ3v) is 5.67. The molecular weight excluding hydrogens is 398 g/mol. The van der Waals surface area contributed by atoms with Crippen molar-refractivity contribution in [3.63, 3.8) is 0 Å². The van der Waals surface area contributed by atoms with Crippen molar-refractivity contribution < 1.29 is 4.92 Å². The fourth-order valence-corrected chi connectivity index (χ4v) is 4.44. The zero-order valence-electron chi connectivity index (χ0n) is 17.8. The van der Waals surface area contributed by atoms with Crippen LogP contribution in [0.15, 0.2) is 91.0 Å². The number of nitrogens with zero attached hydrogens (tertiary/aromatic N) is 3. The van der Waals surface area contributed by atoms with E-state index >= 15 is 0 Å². The Labute approximate surface area is 184 Å². The van der Waals surface area contributed by atoms with Crippen LogP contribution < -0.4 is 0 Å². The van der Waals surface area contributed by atoms with Gasteiger partial charge in [-0.15, -0.1) is 0 Å². The molecule has 0 bridgehead atoms. The van der Waals surface area contributed by atoms with Gasteiger partial charge < -0.3 is 0 Å². The number of hydrogen-bond donors (Lipinski definition) is 0. The minimum absolute atomic E-state index is 0.0995. The summed E-state index contributed by atoms with van der Waals surface area (Å²) in [4.78, 5) is 16.3. The first-order valence-corrected chi connectivity index (χ1v) is 10.7. The average Bonchev–Trinajstić information content (AvgIpc) is 3.25. The van der Waals surface area contributed by atoms with Crippen LogP contribution in [0.5, 0.6) is 0 Å². The molecule has 0 aliphatic rings. The lowest BCUT2D eigenvalue weighted by Gasteiger charge is -2.13. The highest BCUT2D eigenvalue weighted by Crippen LogP contribution is 2.40. The highest BCUT2D eigenvalue weighted by Gasteiger charge is 2.20. The monoisotopic (exact) mass is 419 g/mol. The number of benzene rings is 4. The fraction of sp³-hybridized carbons (Fsp3) is 0.0741. The van der Waals surface area contributed by atoms with Crippen molar-refractivity contribution in [3.8, 4) is 11.1 Å². The van der Waals surface area contributed by atoms with E-state index < -0.39 is 0 Å². The van der Waals surface area contributed by atoms with Gasteiger partial charge in [-0.1, -0.05) is 74.5 Å². The van der Waals surface area contributed by atoms with Crippen LogP contribution in [0.2, 0.25) is 0 Å². The molecule has 0 saturated heterocycles. The molecule has 6 aromatic rings. The molecule has 5 nitrogen and oxygen atoms in total. The van der Waals surface area contributed by atoms with E-state index in [1.807, 2.05) is 74.5 Å². The van der Waals surface area contributed by atoms with E-state index in [2.05, 4.69) is 22.6 Å². The second-order valence-electron chi connectivity index (χ2n) is 7.28. The number of hydrogen-bond acceptors (Lipinski definition) is 3. The molecule has 32 heavy (non-hydrogen) atoms. The molecule has 0 aliphatic carbocycles. The third kappa shape index (κ3) is 2.82. The lowest BCUT2D eigenvalue weighted by atomic mass is 9.94. The lowest BCUT2D eigenvalue weighted by Crippen LogP contribution is -1.95. The Bertz CT molecular complexity index is 1630. The molecule has 0 spiro atoms. The van der Waals surface area contributed by atoms with Gasteiger partial charge in [-0.2, -0.15) is 0 Å². The van der Waals surface area contributed by atoms with Gasteiger partial charge in [0.25, 0.3) is 5.69 Å². The zero-order valence-corrected chi connectivity index (χ0v) is 17.8. The van der Waals surface area contributed by atoms with Crippen molar-refractivity contribution >= 4 is 44.0 Å². The molecule has 0 saturated carbocycles. The maximum absolute atomic E-state index is 11.7. The van der Waals surface area contributed by atoms with E-state index in [9.17, 15) is 10.1 Å². The summed E-state index contributed by atoms with van der Waals surface area (Å²) in [6, 6.07) is 29.1. The zero-order chi connectivity index (χ0) is 22.2. The topological polar surface area (TPSA) is 60.4 Å². The van der Waals surface area contributed by atoms with Crippen molar-refractivity contribution in [3.05, 3.63) is 101 Å². The van der Waals surface area contributed by atoms with Gasteiger partial charge in [0.05, 0.1) is 27.0 Å². The predicted octanol–water partition coefficient (Wildman–Crippen LogP) is 7.40. The summed E-state index contributed by atoms with van der Waals surface area (Å²) in [6.45, 7) is 4.00. The molecule has 4 aromatic carbocycles. The summed E-state index contributed by atoms with van der Waals surface area (Å²) < 4.78 is 2.18. The highest BCUT2D eigenvalue weighted by atomic mass is 16.6. The fourth-order valence-electron chi connectivity index (χ4n) is 4.44. The minimum atomic E-state index is -0.321. The number of nitro groups is 1. The van der Waals surface area contributed by atoms with Crippen LogP contribution in [-0.4, -0.2) is 14.3 Å². The van der Waals surface area contributed by atoms with E-state index in [1.165, 1.54) is 0 Å². The van der Waals surface area contributed by atoms with Crippen molar-refractivity contribution in [2.75, 3.05) is 0 Å². The Hall–Kier alpha value is -4.25. The van der Waals surface area contributed by atoms with Crippen molar-refractivity contribution in [2.45, 2.75) is 13.8 Å². The molecule has 0 aliphatic heterocycles. The number of imidazole rings is 1. The van der Waals surface area contributed by atoms with Gasteiger partial charge in [-0.3, -0.25) is 14.5 Å². The number of fused-ring (bicyclic) bond motifs is 8. The predicted molar refractivity (Wildman–Crippen MR) is 131 cm³/mol. The number of para-hydroxylation sites is 4. The summed E-state index contributed by atoms with van der Waals surface area (Å²) in [5, 5.41) is 14.7. The molecular formula is C27H21N3O2. The van der Waals surface area contributed by atoms with Gasteiger partial charge in [0.15, 0.2) is 0 Å². The molecule has 156 valence electrons. The first kappa shape index (κ1) is 19.7. The lowest BCUT2D eigenvalue weighted by molar-refractivity contribution is -0.384. The van der Waals surface area contributed by atoms with Crippen LogP contribution in [0, 0.1) is 10.1 Å². The Morgan fingerprint density at radius 3 is 2.16 bits per heavy atom. The number of pyridine rings is 1. The maximum Gasteiger partial charge on any atom is 0.277 e. The van der Waals surface area contributed by atoms with Gasteiger partial charge >= 0.3 is 0 Å². The molecule has 6 rings (SSSR count). The number of aromatic nitrogens is 2. The molecule has 0 unspecified atom stereocenters. The van der Waals surface area contributed by atoms with Crippen molar-refractivity contribution in [1.29, 1.82) is 0 Å². The maximum atomic E-state index is 11.7. The molecule has 0 radical (unpaired) electrons. The largest absolute Gasteiger partial charge is 0.292 e. The quantitative estimate of drug-likeness (QED) is 0.167. The number of rotatable bonds is 2. The van der Waals surface area contributed by atoms with Crippen molar-refractivity contribution in [1.82, 2.24) is 9.38 Å². The first-order chi connectivity index (χ1) is 15.7. The molecule has 0 amide bonds. The molecule has 2 heterocycles. The summed E-state index contributed by atoms with van der Waals surface area (Å²) in [5.41, 5.74) is 5.39. The summed E-state index contributed by atoms with van der Waals surface area (Å²) in [6.07, 6.45) is 0. The normalized spacial score (nSPS) is 11.1. The highest BCUT2D eigenvalue weighted by molar-refractivity contribution is 6.19. The number of nitro benzene ring substituents is 1. The Morgan fingerprint density at radius 1 is 0.719 bits per heavy atom. The van der Waals surface area contributed by atoms with Gasteiger partial charge in [-0.05, 0) is 29.8 Å². The van der Waals surface area contributed by atoms with E-state index in [0.29, 0.717) is 5.56 Å². The van der Waals surface area contributed by atoms with E-state index in [4.69, 9.17) is 4.98 Å². The van der Waals surface area contributed by atoms with E-state index in [1.54, 1.807) is 12.1 Å². The van der Waals surface area contributed by atoms with Crippen LogP contribution in [0.3, 0.4) is 0 Å². The van der Waals surface area contributed by atoms with Crippen LogP contribution in [0.25, 0.3) is 49.5 Å². The van der Waals surface area contributed by atoms with Crippen LogP contribution >= 0.6 is 0 Å². The van der Waals surface area contributed by atoms with Crippen molar-refractivity contribution in [2.24, 2.45) is 0 Å². The molecule has 2 aromatic heterocycles. The van der Waals surface area contributed by atoms with Crippen LogP contribution in [0.4, 0.5) is 5.69 Å². The second kappa shape index (κ2) is 7.78. The van der Waals surface area contributed by atoms with Gasteiger partial charge in [0.1, 0.15) is 5.65 Å². The molecule has 0 N–H and O–H groups in total. The van der Waals surface area contributed by atoms with Crippen LogP contribution in [0.1, 0.15) is 13.8 Å². The summed E-state index contributed by atoms with van der Waals surface area (Å²) in [5.74, 6) is 0. The third-order valence-electron chi connectivity index (χ3n) is 5.67. The van der Waals surface area contributed by atoms with Gasteiger partial charge in [-0.25, -0.2) is 4.98 Å². The summed E-state index contributed by atoms with van der Waals surface area (Å²) >= 11 is 0. The Kier molecular flexibility index (Phi) is 4.79. The Balaban J connectivity index is 0.00000105. The van der Waals surface area contributed by atoms with Gasteiger partial charge in [0, 0.05) is 22.2 Å². The molecule has 0 fully saturated rings. The summed E-state index contributed by atoms with van der Waals surface area (Å²) in [7, 11) is 0. The second-order valence-corrected chi connectivity index (χ2v) is 7.28. The van der Waals surface area contributed by atoms with E-state index in [-0.39, 0.29) is 10.6 Å². The van der Waals surface area contributed by atoms with E-state index in [0.717, 1.165) is 43.9 Å². The smallest absolute Gasteiger partial charge is 0.277 e. The molecule has 5 heteroatoms. The SMILES string of the molecule is CC.O=[N+]([O-])c1ccccc1-c1cccc2c1c1ccccc1n1c3ccccc3nc21.